The zero-order valence-electron chi connectivity index (χ0n) is 10.4. The molecule has 94 valence electrons. The number of benzene rings is 1. The third kappa shape index (κ3) is 2.35. The van der Waals surface area contributed by atoms with Gasteiger partial charge in [-0.05, 0) is 31.2 Å². The molecule has 3 rings (SSSR count). The van der Waals surface area contributed by atoms with Gasteiger partial charge in [0.15, 0.2) is 5.78 Å². The number of imidazole rings is 1. The largest absolute Gasteiger partial charge is 0.342 e. The van der Waals surface area contributed by atoms with Crippen molar-refractivity contribution in [3.05, 3.63) is 53.9 Å². The first kappa shape index (κ1) is 11.5. The third-order valence-corrected chi connectivity index (χ3v) is 2.91. The zero-order chi connectivity index (χ0) is 13.2. The Morgan fingerprint density at radius 3 is 3.00 bits per heavy atom. The fourth-order valence-electron chi connectivity index (χ4n) is 2.00. The van der Waals surface area contributed by atoms with Crippen LogP contribution in [0.25, 0.3) is 11.0 Å². The number of nitrogens with one attached hydrogen (secondary N) is 1. The van der Waals surface area contributed by atoms with Crippen molar-refractivity contribution in [1.82, 2.24) is 19.9 Å². The molecule has 0 aliphatic heterocycles. The van der Waals surface area contributed by atoms with Crippen LogP contribution in [0.2, 0.25) is 0 Å². The Hall–Kier alpha value is -2.56. The maximum absolute atomic E-state index is 12.2. The highest BCUT2D eigenvalue weighted by molar-refractivity contribution is 5.99. The Balaban J connectivity index is 1.89. The van der Waals surface area contributed by atoms with Crippen LogP contribution in [0.1, 0.15) is 21.9 Å². The van der Waals surface area contributed by atoms with Crippen LogP contribution in [0.3, 0.4) is 0 Å². The highest BCUT2D eigenvalue weighted by atomic mass is 16.1. The molecule has 0 spiro atoms. The predicted molar refractivity (Wildman–Crippen MR) is 70.9 cm³/mol. The summed E-state index contributed by atoms with van der Waals surface area (Å²) in [5, 5.41) is 0. The van der Waals surface area contributed by atoms with E-state index in [1.807, 2.05) is 19.1 Å². The lowest BCUT2D eigenvalue weighted by Gasteiger charge is -2.00. The van der Waals surface area contributed by atoms with Crippen LogP contribution in [0.15, 0.2) is 36.8 Å². The molecule has 0 radical (unpaired) electrons. The summed E-state index contributed by atoms with van der Waals surface area (Å²) in [6.07, 6.45) is 3.36. The van der Waals surface area contributed by atoms with Gasteiger partial charge in [-0.25, -0.2) is 15.0 Å². The highest BCUT2D eigenvalue weighted by Gasteiger charge is 2.09. The van der Waals surface area contributed by atoms with Gasteiger partial charge in [0.25, 0.3) is 0 Å². The van der Waals surface area contributed by atoms with Crippen molar-refractivity contribution in [2.75, 3.05) is 0 Å². The SMILES string of the molecule is Cc1nc2ccc(C(=O)Cc3ccncn3)cc2[nH]1. The first-order valence-corrected chi connectivity index (χ1v) is 5.97. The van der Waals surface area contributed by atoms with E-state index in [0.717, 1.165) is 22.6 Å². The molecular weight excluding hydrogens is 240 g/mol. The summed E-state index contributed by atoms with van der Waals surface area (Å²) in [7, 11) is 0. The molecule has 0 saturated carbocycles. The fraction of sp³-hybridized carbons (Fsp3) is 0.143. The molecule has 0 aliphatic carbocycles. The van der Waals surface area contributed by atoms with E-state index in [-0.39, 0.29) is 12.2 Å². The van der Waals surface area contributed by atoms with Gasteiger partial charge in [-0.2, -0.15) is 0 Å². The minimum atomic E-state index is 0.0350. The van der Waals surface area contributed by atoms with E-state index in [9.17, 15) is 4.79 Å². The Kier molecular flexibility index (Phi) is 2.79. The topological polar surface area (TPSA) is 71.5 Å². The maximum atomic E-state index is 12.2. The summed E-state index contributed by atoms with van der Waals surface area (Å²) in [4.78, 5) is 27.5. The van der Waals surface area contributed by atoms with E-state index in [2.05, 4.69) is 19.9 Å². The molecule has 19 heavy (non-hydrogen) atoms. The number of aromatic nitrogens is 4. The molecule has 0 fully saturated rings. The van der Waals surface area contributed by atoms with Gasteiger partial charge in [-0.15, -0.1) is 0 Å². The van der Waals surface area contributed by atoms with Crippen molar-refractivity contribution in [3.8, 4) is 0 Å². The Labute approximate surface area is 109 Å². The molecule has 0 amide bonds. The maximum Gasteiger partial charge on any atom is 0.168 e. The predicted octanol–water partition coefficient (Wildman–Crippen LogP) is 2.09. The van der Waals surface area contributed by atoms with Gasteiger partial charge in [0, 0.05) is 11.8 Å². The molecule has 5 heteroatoms. The number of rotatable bonds is 3. The van der Waals surface area contributed by atoms with E-state index in [0.29, 0.717) is 5.56 Å². The number of Topliss-reactive ketones (excluding diaryl/α,β-unsaturated/α-hetero) is 1. The number of carbonyl (C=O) groups excluding carboxylic acids is 1. The summed E-state index contributed by atoms with van der Waals surface area (Å²) in [5.41, 5.74) is 3.14. The highest BCUT2D eigenvalue weighted by Crippen LogP contribution is 2.15. The van der Waals surface area contributed by atoms with Crippen molar-refractivity contribution in [2.45, 2.75) is 13.3 Å². The van der Waals surface area contributed by atoms with Gasteiger partial charge < -0.3 is 4.98 Å². The van der Waals surface area contributed by atoms with Gasteiger partial charge in [0.1, 0.15) is 12.2 Å². The Morgan fingerprint density at radius 1 is 1.32 bits per heavy atom. The van der Waals surface area contributed by atoms with E-state index < -0.39 is 0 Å². The van der Waals surface area contributed by atoms with Crippen molar-refractivity contribution in [2.24, 2.45) is 0 Å². The molecule has 2 aromatic heterocycles. The number of aromatic amines is 1. The smallest absolute Gasteiger partial charge is 0.168 e. The lowest BCUT2D eigenvalue weighted by molar-refractivity contribution is 0.0992. The summed E-state index contributed by atoms with van der Waals surface area (Å²) in [6, 6.07) is 7.23. The summed E-state index contributed by atoms with van der Waals surface area (Å²) >= 11 is 0. The van der Waals surface area contributed by atoms with Crippen LogP contribution < -0.4 is 0 Å². The number of aryl methyl sites for hydroxylation is 1. The van der Waals surface area contributed by atoms with Crippen molar-refractivity contribution >= 4 is 16.8 Å². The molecule has 1 N–H and O–H groups in total. The second-order valence-electron chi connectivity index (χ2n) is 4.35. The van der Waals surface area contributed by atoms with Gasteiger partial charge >= 0.3 is 0 Å². The van der Waals surface area contributed by atoms with Crippen molar-refractivity contribution < 1.29 is 4.79 Å². The molecule has 1 aromatic carbocycles. The van der Waals surface area contributed by atoms with Crippen LogP contribution in [-0.2, 0) is 6.42 Å². The van der Waals surface area contributed by atoms with Gasteiger partial charge in [-0.1, -0.05) is 0 Å². The lowest BCUT2D eigenvalue weighted by Crippen LogP contribution is -2.05. The van der Waals surface area contributed by atoms with E-state index in [1.165, 1.54) is 6.33 Å². The quantitative estimate of drug-likeness (QED) is 0.724. The Morgan fingerprint density at radius 2 is 2.21 bits per heavy atom. The number of ketones is 1. The first-order chi connectivity index (χ1) is 9.22. The third-order valence-electron chi connectivity index (χ3n) is 2.91. The molecule has 0 bridgehead atoms. The summed E-state index contributed by atoms with van der Waals surface area (Å²) in [6.45, 7) is 1.89. The molecular formula is C14H12N4O. The second kappa shape index (κ2) is 4.61. The fourth-order valence-corrected chi connectivity index (χ4v) is 2.00. The van der Waals surface area contributed by atoms with E-state index >= 15 is 0 Å². The van der Waals surface area contributed by atoms with E-state index in [1.54, 1.807) is 18.3 Å². The van der Waals surface area contributed by atoms with Crippen LogP contribution >= 0.6 is 0 Å². The minimum absolute atomic E-state index is 0.0350. The summed E-state index contributed by atoms with van der Waals surface area (Å²) in [5.74, 6) is 0.878. The number of hydrogen-bond donors (Lipinski definition) is 1. The molecule has 5 nitrogen and oxygen atoms in total. The van der Waals surface area contributed by atoms with Crippen LogP contribution in [0.4, 0.5) is 0 Å². The van der Waals surface area contributed by atoms with Crippen LogP contribution in [-0.4, -0.2) is 25.7 Å². The number of carbonyl (C=O) groups is 1. The number of hydrogen-bond acceptors (Lipinski definition) is 4. The molecule has 0 unspecified atom stereocenters. The minimum Gasteiger partial charge on any atom is -0.342 e. The summed E-state index contributed by atoms with van der Waals surface area (Å²) < 4.78 is 0. The van der Waals surface area contributed by atoms with Gasteiger partial charge in [0.05, 0.1) is 23.1 Å². The van der Waals surface area contributed by atoms with Crippen molar-refractivity contribution in [1.29, 1.82) is 0 Å². The van der Waals surface area contributed by atoms with Crippen molar-refractivity contribution in [3.63, 3.8) is 0 Å². The first-order valence-electron chi connectivity index (χ1n) is 5.97. The standard InChI is InChI=1S/C14H12N4O/c1-9-17-12-3-2-10(6-13(12)18-9)14(19)7-11-4-5-15-8-16-11/h2-6,8H,7H2,1H3,(H,17,18). The van der Waals surface area contributed by atoms with Crippen LogP contribution in [0.5, 0.6) is 0 Å². The molecule has 0 aliphatic rings. The molecule has 2 heterocycles. The van der Waals surface area contributed by atoms with E-state index in [4.69, 9.17) is 0 Å². The normalized spacial score (nSPS) is 10.8. The van der Waals surface area contributed by atoms with Gasteiger partial charge in [0.2, 0.25) is 0 Å². The molecule has 0 saturated heterocycles. The number of fused-ring (bicyclic) bond motifs is 1. The molecule has 0 atom stereocenters. The number of nitrogens with zero attached hydrogens (tertiary/aromatic N) is 3. The van der Waals surface area contributed by atoms with Crippen LogP contribution in [0, 0.1) is 6.92 Å². The zero-order valence-corrected chi connectivity index (χ0v) is 10.4. The lowest BCUT2D eigenvalue weighted by atomic mass is 10.1. The Bertz CT molecular complexity index is 734. The monoisotopic (exact) mass is 252 g/mol. The van der Waals surface area contributed by atoms with Gasteiger partial charge in [-0.3, -0.25) is 4.79 Å². The second-order valence-corrected chi connectivity index (χ2v) is 4.35. The average molecular weight is 252 g/mol. The molecule has 3 aromatic rings. The average Bonchev–Trinajstić information content (AvgIpc) is 2.78. The number of H-pyrrole nitrogens is 1.